The molecule has 0 radical (unpaired) electrons. The molecule has 7 atom stereocenters. The Hall–Kier alpha value is -2.63. The van der Waals surface area contributed by atoms with Crippen LogP contribution in [0.5, 0.6) is 0 Å². The highest BCUT2D eigenvalue weighted by Crippen LogP contribution is 2.23. The Balaban J connectivity index is 2.29. The zero-order valence-corrected chi connectivity index (χ0v) is 42.6. The standard InChI is InChI=1S/C58H101NO8/c1-3-5-7-9-11-13-15-17-19-21-23-24-25-26-27-28-30-32-34-36-38-40-42-44-46-48-54(62)59-51(50-66-58-57(65)56(64)55(63)53(49-60)67-58)52(61)47-45-43-41-39-37-35-33-31-29-22-20-18-16-14-12-10-8-6-4-2/h5,7,11,13,17,19,23-24,26-27,30,32,36,38,51-53,55-58,60-61,63-65H,3-4,6,8-10,12,14-16,18,20-22,25,28-29,31,33-35,37,39-50H2,1-2H3,(H,59,62)/b7-5-,13-11-,19-17-,24-23-,27-26-,32-30-,38-36-. The predicted octanol–water partition coefficient (Wildman–Crippen LogP) is 13.1. The summed E-state index contributed by atoms with van der Waals surface area (Å²) in [7, 11) is 0. The lowest BCUT2D eigenvalue weighted by Crippen LogP contribution is -2.60. The first-order valence-corrected chi connectivity index (χ1v) is 27.3. The first-order chi connectivity index (χ1) is 32.8. The van der Waals surface area contributed by atoms with Crippen LogP contribution in [0.2, 0.25) is 0 Å². The molecule has 9 heteroatoms. The van der Waals surface area contributed by atoms with Gasteiger partial charge in [0.15, 0.2) is 6.29 Å². The number of carbonyl (C=O) groups is 1. The van der Waals surface area contributed by atoms with Gasteiger partial charge in [-0.15, -0.1) is 0 Å². The number of aliphatic hydroxyl groups excluding tert-OH is 5. The summed E-state index contributed by atoms with van der Waals surface area (Å²) in [5, 5.41) is 54.6. The van der Waals surface area contributed by atoms with Crippen LogP contribution in [-0.4, -0.2) is 87.5 Å². The van der Waals surface area contributed by atoms with E-state index in [2.05, 4.69) is 104 Å². The van der Waals surface area contributed by atoms with Crippen molar-refractivity contribution < 1.29 is 39.8 Å². The molecule has 0 spiro atoms. The van der Waals surface area contributed by atoms with Crippen LogP contribution in [0.1, 0.15) is 219 Å². The zero-order chi connectivity index (χ0) is 48.7. The minimum atomic E-state index is -1.56. The molecule has 9 nitrogen and oxygen atoms in total. The Kier molecular flexibility index (Phi) is 43.8. The van der Waals surface area contributed by atoms with Gasteiger partial charge in [-0.05, 0) is 70.6 Å². The van der Waals surface area contributed by atoms with Crippen molar-refractivity contribution in [3.05, 3.63) is 85.1 Å². The van der Waals surface area contributed by atoms with Crippen molar-refractivity contribution in [2.75, 3.05) is 13.2 Å². The largest absolute Gasteiger partial charge is 0.394 e. The molecular weight excluding hydrogens is 839 g/mol. The minimum Gasteiger partial charge on any atom is -0.394 e. The predicted molar refractivity (Wildman–Crippen MR) is 281 cm³/mol. The highest BCUT2D eigenvalue weighted by atomic mass is 16.7. The van der Waals surface area contributed by atoms with Crippen molar-refractivity contribution in [2.24, 2.45) is 0 Å². The van der Waals surface area contributed by atoms with Crippen LogP contribution in [0.15, 0.2) is 85.1 Å². The summed E-state index contributed by atoms with van der Waals surface area (Å²) in [6.07, 6.45) is 58.8. The molecule has 1 amide bonds. The summed E-state index contributed by atoms with van der Waals surface area (Å²) in [6, 6.07) is -0.743. The Labute approximate surface area is 410 Å². The van der Waals surface area contributed by atoms with E-state index in [1.807, 2.05) is 0 Å². The molecule has 7 unspecified atom stereocenters. The normalized spacial score (nSPS) is 20.4. The number of amides is 1. The maximum absolute atomic E-state index is 13.0. The molecular formula is C58H101NO8. The van der Waals surface area contributed by atoms with E-state index < -0.39 is 49.5 Å². The van der Waals surface area contributed by atoms with E-state index in [0.29, 0.717) is 12.8 Å². The van der Waals surface area contributed by atoms with Crippen LogP contribution >= 0.6 is 0 Å². The molecule has 1 aliphatic heterocycles. The smallest absolute Gasteiger partial charge is 0.220 e. The maximum Gasteiger partial charge on any atom is 0.220 e. The molecule has 0 aromatic heterocycles. The molecule has 386 valence electrons. The van der Waals surface area contributed by atoms with Crippen LogP contribution in [0.3, 0.4) is 0 Å². The number of hydrogen-bond donors (Lipinski definition) is 6. The topological polar surface area (TPSA) is 149 Å². The fourth-order valence-electron chi connectivity index (χ4n) is 8.20. The third kappa shape index (κ3) is 36.9. The van der Waals surface area contributed by atoms with Gasteiger partial charge in [-0.3, -0.25) is 4.79 Å². The average molecular weight is 940 g/mol. The molecule has 0 saturated carbocycles. The first-order valence-electron chi connectivity index (χ1n) is 27.3. The van der Waals surface area contributed by atoms with Crippen LogP contribution in [0.25, 0.3) is 0 Å². The van der Waals surface area contributed by atoms with Crippen molar-refractivity contribution in [2.45, 2.75) is 262 Å². The van der Waals surface area contributed by atoms with Gasteiger partial charge in [0.25, 0.3) is 0 Å². The van der Waals surface area contributed by atoms with Crippen molar-refractivity contribution in [1.82, 2.24) is 5.32 Å². The van der Waals surface area contributed by atoms with E-state index >= 15 is 0 Å². The lowest BCUT2D eigenvalue weighted by molar-refractivity contribution is -0.302. The third-order valence-electron chi connectivity index (χ3n) is 12.5. The van der Waals surface area contributed by atoms with Crippen LogP contribution in [0, 0.1) is 0 Å². The van der Waals surface area contributed by atoms with E-state index in [0.717, 1.165) is 89.9 Å². The third-order valence-corrected chi connectivity index (χ3v) is 12.5. The van der Waals surface area contributed by atoms with Gasteiger partial charge >= 0.3 is 0 Å². The Morgan fingerprint density at radius 1 is 0.522 bits per heavy atom. The molecule has 1 aliphatic rings. The van der Waals surface area contributed by atoms with Crippen molar-refractivity contribution in [3.8, 4) is 0 Å². The van der Waals surface area contributed by atoms with Crippen molar-refractivity contribution in [1.29, 1.82) is 0 Å². The minimum absolute atomic E-state index is 0.156. The molecule has 0 aromatic carbocycles. The van der Waals surface area contributed by atoms with Crippen molar-refractivity contribution in [3.63, 3.8) is 0 Å². The molecule has 67 heavy (non-hydrogen) atoms. The zero-order valence-electron chi connectivity index (χ0n) is 42.6. The fourth-order valence-corrected chi connectivity index (χ4v) is 8.20. The maximum atomic E-state index is 13.0. The molecule has 1 saturated heterocycles. The van der Waals surface area contributed by atoms with E-state index in [1.54, 1.807) is 0 Å². The SMILES string of the molecule is CC/C=C\C/C=C\C/C=C\C/C=C\C/C=C\C/C=C\C/C=C\CCCCCC(=O)NC(COC1OC(CO)C(O)C(O)C1O)C(O)CCCCCCCCCCCCCCCCCCCCC. The number of unbranched alkanes of at least 4 members (excludes halogenated alkanes) is 21. The second-order valence-electron chi connectivity index (χ2n) is 18.6. The van der Waals surface area contributed by atoms with Gasteiger partial charge < -0.3 is 40.3 Å². The monoisotopic (exact) mass is 940 g/mol. The van der Waals surface area contributed by atoms with Gasteiger partial charge in [-0.1, -0.05) is 227 Å². The van der Waals surface area contributed by atoms with Gasteiger partial charge in [0.2, 0.25) is 5.91 Å². The number of allylic oxidation sites excluding steroid dienone is 14. The first kappa shape index (κ1) is 62.4. The molecule has 0 aromatic rings. The molecule has 0 bridgehead atoms. The lowest BCUT2D eigenvalue weighted by atomic mass is 9.99. The average Bonchev–Trinajstić information content (AvgIpc) is 3.33. The lowest BCUT2D eigenvalue weighted by Gasteiger charge is -2.40. The molecule has 1 fully saturated rings. The second-order valence-corrected chi connectivity index (χ2v) is 18.6. The highest BCUT2D eigenvalue weighted by molar-refractivity contribution is 5.76. The van der Waals surface area contributed by atoms with Gasteiger partial charge in [0.1, 0.15) is 24.4 Å². The van der Waals surface area contributed by atoms with Gasteiger partial charge in [-0.2, -0.15) is 0 Å². The second kappa shape index (κ2) is 47.1. The van der Waals surface area contributed by atoms with E-state index in [-0.39, 0.29) is 12.5 Å². The summed E-state index contributed by atoms with van der Waals surface area (Å²) in [4.78, 5) is 13.0. The Bertz CT molecular complexity index is 1320. The number of nitrogens with one attached hydrogen (secondary N) is 1. The van der Waals surface area contributed by atoms with Gasteiger partial charge in [0, 0.05) is 6.42 Å². The Morgan fingerprint density at radius 3 is 1.36 bits per heavy atom. The highest BCUT2D eigenvalue weighted by Gasteiger charge is 2.44. The number of aliphatic hydroxyl groups is 5. The molecule has 6 N–H and O–H groups in total. The van der Waals surface area contributed by atoms with Gasteiger partial charge in [0.05, 0.1) is 25.4 Å². The van der Waals surface area contributed by atoms with Crippen LogP contribution in [-0.2, 0) is 14.3 Å². The summed E-state index contributed by atoms with van der Waals surface area (Å²) in [6.45, 7) is 3.71. The van der Waals surface area contributed by atoms with Gasteiger partial charge in [-0.25, -0.2) is 0 Å². The Morgan fingerprint density at radius 2 is 0.925 bits per heavy atom. The summed E-state index contributed by atoms with van der Waals surface area (Å²) in [5.74, 6) is -0.178. The number of carbonyl (C=O) groups excluding carboxylic acids is 1. The van der Waals surface area contributed by atoms with E-state index in [4.69, 9.17) is 9.47 Å². The molecule has 1 heterocycles. The van der Waals surface area contributed by atoms with Crippen LogP contribution in [0.4, 0.5) is 0 Å². The quantitative estimate of drug-likeness (QED) is 0.0261. The number of hydrogen-bond acceptors (Lipinski definition) is 8. The fraction of sp³-hybridized carbons (Fsp3) is 0.741. The molecule has 1 rings (SSSR count). The van der Waals surface area contributed by atoms with E-state index in [1.165, 1.54) is 103 Å². The summed E-state index contributed by atoms with van der Waals surface area (Å²) in [5.41, 5.74) is 0. The summed E-state index contributed by atoms with van der Waals surface area (Å²) < 4.78 is 11.3. The van der Waals surface area contributed by atoms with Crippen molar-refractivity contribution >= 4 is 5.91 Å². The number of ether oxygens (including phenoxy) is 2. The summed E-state index contributed by atoms with van der Waals surface area (Å²) >= 11 is 0. The van der Waals surface area contributed by atoms with Crippen LogP contribution < -0.4 is 5.32 Å². The van der Waals surface area contributed by atoms with E-state index in [9.17, 15) is 30.3 Å². The number of rotatable bonds is 45. The molecule has 0 aliphatic carbocycles.